The van der Waals surface area contributed by atoms with Gasteiger partial charge in [-0.2, -0.15) is 0 Å². The maximum Gasteiger partial charge on any atom is 0.255 e. The molecule has 0 atom stereocenters. The third-order valence-electron chi connectivity index (χ3n) is 3.67. The van der Waals surface area contributed by atoms with Crippen LogP contribution in [0.1, 0.15) is 10.4 Å². The fourth-order valence-corrected chi connectivity index (χ4v) is 2.53. The van der Waals surface area contributed by atoms with Crippen LogP contribution in [0.25, 0.3) is 0 Å². The Balaban J connectivity index is 0.00000132. The van der Waals surface area contributed by atoms with Gasteiger partial charge in [0.05, 0.1) is 11.3 Å². The Kier molecular flexibility index (Phi) is 7.26. The first-order valence-corrected chi connectivity index (χ1v) is 6.94. The lowest BCUT2D eigenvalue weighted by Crippen LogP contribution is -2.49. The molecule has 0 aliphatic carbocycles. The van der Waals surface area contributed by atoms with Crippen LogP contribution in [0.2, 0.25) is 0 Å². The zero-order chi connectivity index (χ0) is 14.7. The maximum atomic E-state index is 13.8. The van der Waals surface area contributed by atoms with Crippen LogP contribution in [0.4, 0.5) is 10.1 Å². The molecule has 0 saturated carbocycles. The second-order valence-electron chi connectivity index (χ2n) is 4.97. The van der Waals surface area contributed by atoms with Crippen molar-refractivity contribution in [2.24, 2.45) is 0 Å². The number of piperazine rings is 1. The molecule has 23 heavy (non-hydrogen) atoms. The highest BCUT2D eigenvalue weighted by Crippen LogP contribution is 2.20. The Morgan fingerprint density at radius 2 is 1.70 bits per heavy atom. The van der Waals surface area contributed by atoms with Crippen LogP contribution in [0.5, 0.6) is 0 Å². The second kappa shape index (κ2) is 8.70. The number of carbonyl (C=O) groups is 1. The molecule has 1 aromatic heterocycles. The maximum absolute atomic E-state index is 13.8. The number of hydrogen-bond donors (Lipinski definition) is 0. The lowest BCUT2D eigenvalue weighted by molar-refractivity contribution is 0.0746. The SMILES string of the molecule is Cl.Cl.O=C(c1cccnc1)N1CCN(c2ccccc2F)CC1. The standard InChI is InChI=1S/C16H16FN3O.2ClH/c17-14-5-1-2-6-15(14)19-8-10-20(11-9-19)16(21)13-4-3-7-18-12-13;;/h1-7,12H,8-11H2;2*1H. The molecule has 0 radical (unpaired) electrons. The summed E-state index contributed by atoms with van der Waals surface area (Å²) in [5.41, 5.74) is 1.20. The first-order valence-electron chi connectivity index (χ1n) is 6.94. The van der Waals surface area contributed by atoms with Crippen molar-refractivity contribution in [2.45, 2.75) is 0 Å². The van der Waals surface area contributed by atoms with E-state index < -0.39 is 0 Å². The Morgan fingerprint density at radius 3 is 2.30 bits per heavy atom. The fourth-order valence-electron chi connectivity index (χ4n) is 2.53. The summed E-state index contributed by atoms with van der Waals surface area (Å²) in [6.45, 7) is 2.43. The number of amides is 1. The molecule has 0 bridgehead atoms. The average Bonchev–Trinajstić information content (AvgIpc) is 2.56. The molecule has 0 N–H and O–H groups in total. The van der Waals surface area contributed by atoms with Crippen molar-refractivity contribution < 1.29 is 9.18 Å². The molecule has 124 valence electrons. The lowest BCUT2D eigenvalue weighted by atomic mass is 10.2. The van der Waals surface area contributed by atoms with Gasteiger partial charge in [-0.15, -0.1) is 24.8 Å². The number of para-hydroxylation sites is 1. The van der Waals surface area contributed by atoms with E-state index in [1.54, 1.807) is 41.6 Å². The van der Waals surface area contributed by atoms with Crippen LogP contribution in [-0.4, -0.2) is 42.0 Å². The van der Waals surface area contributed by atoms with E-state index >= 15 is 0 Å². The Labute approximate surface area is 147 Å². The van der Waals surface area contributed by atoms with E-state index in [4.69, 9.17) is 0 Å². The molecule has 7 heteroatoms. The summed E-state index contributed by atoms with van der Waals surface area (Å²) in [6.07, 6.45) is 3.22. The van der Waals surface area contributed by atoms with Crippen molar-refractivity contribution in [3.63, 3.8) is 0 Å². The second-order valence-corrected chi connectivity index (χ2v) is 4.97. The molecule has 1 aromatic carbocycles. The largest absolute Gasteiger partial charge is 0.366 e. The number of benzene rings is 1. The Morgan fingerprint density at radius 1 is 1.00 bits per heavy atom. The highest BCUT2D eigenvalue weighted by molar-refractivity contribution is 5.94. The van der Waals surface area contributed by atoms with Gasteiger partial charge in [-0.25, -0.2) is 4.39 Å². The third kappa shape index (κ3) is 4.33. The summed E-state index contributed by atoms with van der Waals surface area (Å²) < 4.78 is 13.8. The van der Waals surface area contributed by atoms with Crippen molar-refractivity contribution in [3.8, 4) is 0 Å². The topological polar surface area (TPSA) is 36.4 Å². The number of nitrogens with zero attached hydrogens (tertiary/aromatic N) is 3. The minimum atomic E-state index is -0.218. The summed E-state index contributed by atoms with van der Waals surface area (Å²) in [5, 5.41) is 0. The minimum absolute atomic E-state index is 0. The van der Waals surface area contributed by atoms with Crippen LogP contribution in [0.3, 0.4) is 0 Å². The molecule has 1 saturated heterocycles. The van der Waals surface area contributed by atoms with E-state index in [0.29, 0.717) is 37.4 Å². The van der Waals surface area contributed by atoms with E-state index in [1.165, 1.54) is 6.07 Å². The van der Waals surface area contributed by atoms with Gasteiger partial charge in [-0.1, -0.05) is 12.1 Å². The summed E-state index contributed by atoms with van der Waals surface area (Å²) in [5.74, 6) is -0.235. The molecule has 2 heterocycles. The zero-order valence-corrected chi connectivity index (χ0v) is 14.0. The van der Waals surface area contributed by atoms with Crippen LogP contribution >= 0.6 is 24.8 Å². The summed E-state index contributed by atoms with van der Waals surface area (Å²) in [4.78, 5) is 20.0. The van der Waals surface area contributed by atoms with E-state index in [9.17, 15) is 9.18 Å². The van der Waals surface area contributed by atoms with Crippen molar-refractivity contribution in [3.05, 3.63) is 60.2 Å². The number of pyridine rings is 1. The number of aromatic nitrogens is 1. The normalized spacial score (nSPS) is 13.8. The molecule has 0 spiro atoms. The molecular weight excluding hydrogens is 340 g/mol. The van der Waals surface area contributed by atoms with Gasteiger partial charge < -0.3 is 9.80 Å². The number of hydrogen-bond acceptors (Lipinski definition) is 3. The predicted molar refractivity (Wildman–Crippen MR) is 93.2 cm³/mol. The summed E-state index contributed by atoms with van der Waals surface area (Å²) >= 11 is 0. The van der Waals surface area contributed by atoms with Gasteiger partial charge in [0.1, 0.15) is 5.82 Å². The molecule has 1 amide bonds. The number of carbonyl (C=O) groups excluding carboxylic acids is 1. The number of anilines is 1. The first-order chi connectivity index (χ1) is 10.3. The van der Waals surface area contributed by atoms with E-state index in [0.717, 1.165) is 0 Å². The quantitative estimate of drug-likeness (QED) is 0.828. The van der Waals surface area contributed by atoms with Crippen LogP contribution in [0.15, 0.2) is 48.8 Å². The molecule has 1 aliphatic heterocycles. The van der Waals surface area contributed by atoms with Crippen LogP contribution in [-0.2, 0) is 0 Å². The average molecular weight is 358 g/mol. The van der Waals surface area contributed by atoms with Gasteiger partial charge in [0, 0.05) is 38.6 Å². The molecule has 1 aliphatic rings. The van der Waals surface area contributed by atoms with Gasteiger partial charge in [0.15, 0.2) is 0 Å². The molecular formula is C16H18Cl2FN3O. The van der Waals surface area contributed by atoms with Crippen molar-refractivity contribution >= 4 is 36.4 Å². The smallest absolute Gasteiger partial charge is 0.255 e. The lowest BCUT2D eigenvalue weighted by Gasteiger charge is -2.36. The van der Waals surface area contributed by atoms with Crippen LogP contribution in [0, 0.1) is 5.82 Å². The molecule has 3 rings (SSSR count). The molecule has 1 fully saturated rings. The zero-order valence-electron chi connectivity index (χ0n) is 12.4. The predicted octanol–water partition coefficient (Wildman–Crippen LogP) is 3.03. The van der Waals surface area contributed by atoms with Crippen molar-refractivity contribution in [1.82, 2.24) is 9.88 Å². The molecule has 2 aromatic rings. The van der Waals surface area contributed by atoms with Gasteiger partial charge >= 0.3 is 0 Å². The summed E-state index contributed by atoms with van der Waals surface area (Å²) in [6, 6.07) is 10.3. The van der Waals surface area contributed by atoms with Crippen LogP contribution < -0.4 is 4.90 Å². The molecule has 4 nitrogen and oxygen atoms in total. The Hall–Kier alpha value is -1.85. The third-order valence-corrected chi connectivity index (χ3v) is 3.67. The van der Waals surface area contributed by atoms with E-state index in [2.05, 4.69) is 4.98 Å². The first kappa shape index (κ1) is 19.2. The number of halogens is 3. The van der Waals surface area contributed by atoms with Gasteiger partial charge in [0.25, 0.3) is 5.91 Å². The fraction of sp³-hybridized carbons (Fsp3) is 0.250. The van der Waals surface area contributed by atoms with E-state index in [1.807, 2.05) is 11.0 Å². The van der Waals surface area contributed by atoms with E-state index in [-0.39, 0.29) is 36.5 Å². The number of rotatable bonds is 2. The van der Waals surface area contributed by atoms with Crippen molar-refractivity contribution in [1.29, 1.82) is 0 Å². The highest BCUT2D eigenvalue weighted by atomic mass is 35.5. The minimum Gasteiger partial charge on any atom is -0.366 e. The van der Waals surface area contributed by atoms with Gasteiger partial charge in [-0.3, -0.25) is 9.78 Å². The van der Waals surface area contributed by atoms with Crippen molar-refractivity contribution in [2.75, 3.05) is 31.1 Å². The summed E-state index contributed by atoms with van der Waals surface area (Å²) in [7, 11) is 0. The van der Waals surface area contributed by atoms with Gasteiger partial charge in [0.2, 0.25) is 0 Å². The van der Waals surface area contributed by atoms with Gasteiger partial charge in [-0.05, 0) is 24.3 Å². The monoisotopic (exact) mass is 357 g/mol. The Bertz CT molecular complexity index is 634. The highest BCUT2D eigenvalue weighted by Gasteiger charge is 2.23. The molecule has 0 unspecified atom stereocenters.